The van der Waals surface area contributed by atoms with Crippen LogP contribution in [0.3, 0.4) is 0 Å². The predicted octanol–water partition coefficient (Wildman–Crippen LogP) is -0.111. The summed E-state index contributed by atoms with van der Waals surface area (Å²) >= 11 is 0. The molecule has 1 aliphatic heterocycles. The molecule has 0 saturated carbocycles. The van der Waals surface area contributed by atoms with E-state index in [-0.39, 0.29) is 16.8 Å². The Morgan fingerprint density at radius 2 is 1.85 bits per heavy atom. The van der Waals surface area contributed by atoms with E-state index in [9.17, 15) is 13.2 Å². The van der Waals surface area contributed by atoms with Crippen molar-refractivity contribution in [3.05, 3.63) is 24.3 Å². The Morgan fingerprint density at radius 3 is 2.38 bits per heavy atom. The van der Waals surface area contributed by atoms with Crippen molar-refractivity contribution in [2.75, 3.05) is 39.3 Å². The maximum atomic E-state index is 12.8. The largest absolute Gasteiger partial charge is 0.494 e. The van der Waals surface area contributed by atoms with Crippen LogP contribution in [-0.2, 0) is 14.8 Å². The van der Waals surface area contributed by atoms with Crippen molar-refractivity contribution in [3.63, 3.8) is 0 Å². The molecule has 2 N–H and O–H groups in total. The van der Waals surface area contributed by atoms with Crippen LogP contribution in [0.5, 0.6) is 5.75 Å². The van der Waals surface area contributed by atoms with Crippen molar-refractivity contribution in [3.8, 4) is 5.75 Å². The molecule has 1 saturated heterocycles. The standard InChI is InChI=1S/C18H29N3O4S/c1-4-10-19-18(22)15(3)20-11-13-21(14-12-20)26(23,24)17-8-6-16(7-9-17)25-5-2/h6-9,15H,4-5,10-14H2,1-3H3,(H,19,22)/p+1/t15-/m0/s1. The Hall–Kier alpha value is -1.64. The lowest BCUT2D eigenvalue weighted by Gasteiger charge is -2.34. The lowest BCUT2D eigenvalue weighted by Crippen LogP contribution is -3.19. The first-order chi connectivity index (χ1) is 12.4. The Bertz CT molecular complexity index is 683. The van der Waals surface area contributed by atoms with Crippen LogP contribution in [0, 0.1) is 0 Å². The van der Waals surface area contributed by atoms with E-state index in [1.54, 1.807) is 24.3 Å². The molecule has 26 heavy (non-hydrogen) atoms. The van der Waals surface area contributed by atoms with Crippen LogP contribution < -0.4 is 15.0 Å². The molecule has 0 aromatic heterocycles. The van der Waals surface area contributed by atoms with Gasteiger partial charge < -0.3 is 15.0 Å². The first-order valence-electron chi connectivity index (χ1n) is 9.25. The van der Waals surface area contributed by atoms with Gasteiger partial charge in [-0.05, 0) is 44.5 Å². The van der Waals surface area contributed by atoms with E-state index < -0.39 is 10.0 Å². The smallest absolute Gasteiger partial charge is 0.278 e. The van der Waals surface area contributed by atoms with Crippen LogP contribution in [-0.4, -0.2) is 64.0 Å². The molecule has 7 nitrogen and oxygen atoms in total. The normalized spacial score (nSPS) is 17.7. The average Bonchev–Trinajstić information content (AvgIpc) is 2.66. The third kappa shape index (κ3) is 4.96. The average molecular weight is 385 g/mol. The first-order valence-corrected chi connectivity index (χ1v) is 10.7. The summed E-state index contributed by atoms with van der Waals surface area (Å²) in [6.07, 6.45) is 0.905. The van der Waals surface area contributed by atoms with Gasteiger partial charge in [-0.25, -0.2) is 8.42 Å². The number of benzene rings is 1. The van der Waals surface area contributed by atoms with Gasteiger partial charge >= 0.3 is 0 Å². The lowest BCUT2D eigenvalue weighted by molar-refractivity contribution is -0.917. The van der Waals surface area contributed by atoms with Crippen LogP contribution in [0.4, 0.5) is 0 Å². The van der Waals surface area contributed by atoms with Gasteiger partial charge in [-0.1, -0.05) is 6.92 Å². The second-order valence-corrected chi connectivity index (χ2v) is 8.42. The van der Waals surface area contributed by atoms with E-state index >= 15 is 0 Å². The minimum absolute atomic E-state index is 0.0321. The number of hydrogen-bond acceptors (Lipinski definition) is 4. The Kier molecular flexibility index (Phi) is 7.43. The molecule has 0 radical (unpaired) electrons. The molecule has 0 unspecified atom stereocenters. The summed E-state index contributed by atoms with van der Waals surface area (Å²) in [6, 6.07) is 6.36. The zero-order valence-corrected chi connectivity index (χ0v) is 16.6. The van der Waals surface area contributed by atoms with Crippen LogP contribution in [0.15, 0.2) is 29.2 Å². The summed E-state index contributed by atoms with van der Waals surface area (Å²) in [5.74, 6) is 0.692. The number of hydrogen-bond donors (Lipinski definition) is 2. The van der Waals surface area contributed by atoms with Crippen LogP contribution in [0.1, 0.15) is 27.2 Å². The molecular formula is C18H30N3O4S+. The van der Waals surface area contributed by atoms with E-state index in [1.807, 2.05) is 20.8 Å². The molecule has 1 aromatic carbocycles. The molecule has 146 valence electrons. The van der Waals surface area contributed by atoms with Gasteiger partial charge in [0.2, 0.25) is 10.0 Å². The van der Waals surface area contributed by atoms with Gasteiger partial charge in [-0.3, -0.25) is 4.79 Å². The summed E-state index contributed by atoms with van der Waals surface area (Å²) in [4.78, 5) is 13.5. The van der Waals surface area contributed by atoms with Crippen molar-refractivity contribution in [1.82, 2.24) is 9.62 Å². The number of nitrogens with one attached hydrogen (secondary N) is 2. The quantitative estimate of drug-likeness (QED) is 0.655. The summed E-state index contributed by atoms with van der Waals surface area (Å²) in [5.41, 5.74) is 0. The molecule has 1 atom stereocenters. The highest BCUT2D eigenvalue weighted by Crippen LogP contribution is 2.19. The van der Waals surface area contributed by atoms with Crippen LogP contribution in [0.2, 0.25) is 0 Å². The number of quaternary nitrogens is 1. The molecule has 1 fully saturated rings. The predicted molar refractivity (Wildman–Crippen MR) is 99.8 cm³/mol. The number of piperazine rings is 1. The van der Waals surface area contributed by atoms with E-state index in [1.165, 1.54) is 4.31 Å². The number of carbonyl (C=O) groups is 1. The van der Waals surface area contributed by atoms with E-state index in [0.29, 0.717) is 45.1 Å². The zero-order valence-electron chi connectivity index (χ0n) is 15.8. The number of rotatable bonds is 8. The van der Waals surface area contributed by atoms with Crippen molar-refractivity contribution < 1.29 is 22.8 Å². The zero-order chi connectivity index (χ0) is 19.2. The first kappa shape index (κ1) is 20.7. The van der Waals surface area contributed by atoms with E-state index in [4.69, 9.17) is 4.74 Å². The molecule has 0 aliphatic carbocycles. The Balaban J connectivity index is 1.96. The van der Waals surface area contributed by atoms with Gasteiger partial charge in [0.05, 0.1) is 37.7 Å². The second-order valence-electron chi connectivity index (χ2n) is 6.48. The van der Waals surface area contributed by atoms with Gasteiger partial charge in [0.15, 0.2) is 6.04 Å². The van der Waals surface area contributed by atoms with Gasteiger partial charge in [0, 0.05) is 6.54 Å². The molecule has 1 heterocycles. The molecule has 2 rings (SSSR count). The molecule has 0 spiro atoms. The number of nitrogens with zero attached hydrogens (tertiary/aromatic N) is 1. The van der Waals surface area contributed by atoms with Crippen molar-refractivity contribution in [1.29, 1.82) is 0 Å². The topological polar surface area (TPSA) is 80.2 Å². The SMILES string of the molecule is CCCNC(=O)[C@H](C)[NH+]1CCN(S(=O)(=O)c2ccc(OCC)cc2)CC1. The number of ether oxygens (including phenoxy) is 1. The summed E-state index contributed by atoms with van der Waals surface area (Å²) in [5, 5.41) is 2.91. The fourth-order valence-corrected chi connectivity index (χ4v) is 4.50. The summed E-state index contributed by atoms with van der Waals surface area (Å²) < 4.78 is 32.5. The maximum Gasteiger partial charge on any atom is 0.278 e. The highest BCUT2D eigenvalue weighted by atomic mass is 32.2. The fraction of sp³-hybridized carbons (Fsp3) is 0.611. The fourth-order valence-electron chi connectivity index (χ4n) is 3.06. The van der Waals surface area contributed by atoms with Gasteiger partial charge in [-0.15, -0.1) is 0 Å². The minimum atomic E-state index is -3.51. The lowest BCUT2D eigenvalue weighted by atomic mass is 10.2. The summed E-state index contributed by atoms with van der Waals surface area (Å²) in [7, 11) is -3.51. The minimum Gasteiger partial charge on any atom is -0.494 e. The van der Waals surface area contributed by atoms with Crippen molar-refractivity contribution in [2.24, 2.45) is 0 Å². The number of sulfonamides is 1. The van der Waals surface area contributed by atoms with Gasteiger partial charge in [0.1, 0.15) is 5.75 Å². The monoisotopic (exact) mass is 384 g/mol. The number of amides is 1. The van der Waals surface area contributed by atoms with Crippen molar-refractivity contribution in [2.45, 2.75) is 38.1 Å². The Morgan fingerprint density at radius 1 is 1.23 bits per heavy atom. The molecule has 1 aromatic rings. The number of carbonyl (C=O) groups excluding carboxylic acids is 1. The molecular weight excluding hydrogens is 354 g/mol. The molecule has 1 aliphatic rings. The second kappa shape index (κ2) is 9.34. The van der Waals surface area contributed by atoms with Crippen LogP contribution >= 0.6 is 0 Å². The molecule has 8 heteroatoms. The third-order valence-electron chi connectivity index (χ3n) is 4.69. The van der Waals surface area contributed by atoms with Crippen molar-refractivity contribution >= 4 is 15.9 Å². The van der Waals surface area contributed by atoms with E-state index in [0.717, 1.165) is 11.3 Å². The highest BCUT2D eigenvalue weighted by Gasteiger charge is 2.34. The molecule has 1 amide bonds. The van der Waals surface area contributed by atoms with Gasteiger partial charge in [0.25, 0.3) is 5.91 Å². The van der Waals surface area contributed by atoms with Crippen LogP contribution in [0.25, 0.3) is 0 Å². The van der Waals surface area contributed by atoms with Gasteiger partial charge in [-0.2, -0.15) is 4.31 Å². The highest BCUT2D eigenvalue weighted by molar-refractivity contribution is 7.89. The third-order valence-corrected chi connectivity index (χ3v) is 6.60. The summed E-state index contributed by atoms with van der Waals surface area (Å²) in [6.45, 7) is 9.09. The van der Waals surface area contributed by atoms with E-state index in [2.05, 4.69) is 5.32 Å². The maximum absolute atomic E-state index is 12.8. The molecule has 0 bridgehead atoms. The Labute approximate surface area is 156 Å².